The number of rotatable bonds is 6. The second-order valence-electron chi connectivity index (χ2n) is 4.48. The van der Waals surface area contributed by atoms with Gasteiger partial charge in [0.05, 0.1) is 6.07 Å². The van der Waals surface area contributed by atoms with Crippen molar-refractivity contribution in [3.63, 3.8) is 0 Å². The molecule has 0 N–H and O–H groups in total. The largest absolute Gasteiger partial charge is 0.281 e. The van der Waals surface area contributed by atoms with Gasteiger partial charge in [0.15, 0.2) is 0 Å². The first-order valence-electron chi connectivity index (χ1n) is 5.98. The van der Waals surface area contributed by atoms with Crippen molar-refractivity contribution in [2.75, 3.05) is 20.6 Å². The lowest BCUT2D eigenvalue weighted by molar-refractivity contribution is 0.392. The molecule has 0 aliphatic rings. The first-order chi connectivity index (χ1) is 8.87. The Bertz CT molecular complexity index is 546. The normalized spacial score (nSPS) is 11.8. The summed E-state index contributed by atoms with van der Waals surface area (Å²) >= 11 is 0. The number of aryl methyl sites for hydroxylation is 1. The molecule has 0 fully saturated rings. The van der Waals surface area contributed by atoms with Crippen molar-refractivity contribution in [1.82, 2.24) is 8.61 Å². The molecule has 0 spiro atoms. The van der Waals surface area contributed by atoms with Gasteiger partial charge in [0.1, 0.15) is 0 Å². The van der Waals surface area contributed by atoms with E-state index in [1.807, 2.05) is 37.3 Å². The molecule has 0 radical (unpaired) electrons. The van der Waals surface area contributed by atoms with E-state index in [1.165, 1.54) is 22.7 Å². The van der Waals surface area contributed by atoms with Gasteiger partial charge >= 0.3 is 0 Å². The third kappa shape index (κ3) is 4.31. The number of nitriles is 1. The average molecular weight is 281 g/mol. The van der Waals surface area contributed by atoms with Crippen molar-refractivity contribution in [3.8, 4) is 6.07 Å². The summed E-state index contributed by atoms with van der Waals surface area (Å²) in [6, 6.07) is 9.67. The van der Waals surface area contributed by atoms with E-state index in [0.29, 0.717) is 6.54 Å². The molecule has 0 saturated heterocycles. The van der Waals surface area contributed by atoms with Crippen LogP contribution in [-0.2, 0) is 16.8 Å². The summed E-state index contributed by atoms with van der Waals surface area (Å²) in [5.41, 5.74) is 2.07. The fourth-order valence-electron chi connectivity index (χ4n) is 1.59. The van der Waals surface area contributed by atoms with Crippen molar-refractivity contribution < 1.29 is 8.42 Å². The molecule has 0 amide bonds. The lowest BCUT2D eigenvalue weighted by atomic mass is 10.1. The SMILES string of the molecule is Cc1ccc(CN(C)S(=O)(=O)N(C)CCC#N)cc1. The molecule has 0 unspecified atom stereocenters. The Hall–Kier alpha value is -1.42. The molecule has 0 bridgehead atoms. The van der Waals surface area contributed by atoms with Crippen molar-refractivity contribution >= 4 is 10.2 Å². The molecule has 0 saturated carbocycles. The molecular weight excluding hydrogens is 262 g/mol. The number of hydrogen-bond donors (Lipinski definition) is 0. The van der Waals surface area contributed by atoms with E-state index in [2.05, 4.69) is 0 Å². The maximum absolute atomic E-state index is 12.2. The van der Waals surface area contributed by atoms with E-state index in [0.717, 1.165) is 11.1 Å². The molecule has 5 nitrogen and oxygen atoms in total. The van der Waals surface area contributed by atoms with Crippen LogP contribution < -0.4 is 0 Å². The van der Waals surface area contributed by atoms with Gasteiger partial charge in [0.2, 0.25) is 0 Å². The summed E-state index contributed by atoms with van der Waals surface area (Å²) in [4.78, 5) is 0. The molecule has 0 heterocycles. The summed E-state index contributed by atoms with van der Waals surface area (Å²) in [5, 5.41) is 8.50. The monoisotopic (exact) mass is 281 g/mol. The molecule has 104 valence electrons. The van der Waals surface area contributed by atoms with Gasteiger partial charge in [-0.05, 0) is 12.5 Å². The molecular formula is C13H19N3O2S. The molecule has 6 heteroatoms. The molecule has 0 aromatic heterocycles. The van der Waals surface area contributed by atoms with Gasteiger partial charge in [0.25, 0.3) is 10.2 Å². The Kier molecular flexibility index (Phi) is 5.48. The Morgan fingerprint density at radius 2 is 1.74 bits per heavy atom. The van der Waals surface area contributed by atoms with Crippen LogP contribution in [0.15, 0.2) is 24.3 Å². The molecule has 0 aliphatic carbocycles. The number of benzene rings is 1. The van der Waals surface area contributed by atoms with Crippen LogP contribution in [0.25, 0.3) is 0 Å². The zero-order chi connectivity index (χ0) is 14.5. The number of nitrogens with zero attached hydrogens (tertiary/aromatic N) is 3. The maximum Gasteiger partial charge on any atom is 0.281 e. The van der Waals surface area contributed by atoms with Gasteiger partial charge in [-0.15, -0.1) is 0 Å². The van der Waals surface area contributed by atoms with Crippen molar-refractivity contribution in [2.45, 2.75) is 19.9 Å². The third-order valence-electron chi connectivity index (χ3n) is 2.85. The standard InChI is InChI=1S/C13H19N3O2S/c1-12-5-7-13(8-6-12)11-16(3)19(17,18)15(2)10-4-9-14/h5-8H,4,10-11H2,1-3H3. The minimum Gasteiger partial charge on any atom is -0.198 e. The molecule has 0 aliphatic heterocycles. The predicted octanol–water partition coefficient (Wildman–Crippen LogP) is 1.52. The summed E-state index contributed by atoms with van der Waals surface area (Å²) in [5.74, 6) is 0. The first-order valence-corrected chi connectivity index (χ1v) is 7.37. The number of hydrogen-bond acceptors (Lipinski definition) is 3. The average Bonchev–Trinajstić information content (AvgIpc) is 2.38. The highest BCUT2D eigenvalue weighted by atomic mass is 32.2. The van der Waals surface area contributed by atoms with Crippen molar-refractivity contribution in [3.05, 3.63) is 35.4 Å². The summed E-state index contributed by atoms with van der Waals surface area (Å²) < 4.78 is 26.8. The van der Waals surface area contributed by atoms with Crippen LogP contribution in [0.2, 0.25) is 0 Å². The Morgan fingerprint density at radius 1 is 1.16 bits per heavy atom. The van der Waals surface area contributed by atoms with Crippen LogP contribution in [0.4, 0.5) is 0 Å². The van der Waals surface area contributed by atoms with E-state index in [1.54, 1.807) is 0 Å². The minimum absolute atomic E-state index is 0.189. The van der Waals surface area contributed by atoms with Crippen molar-refractivity contribution in [1.29, 1.82) is 5.26 Å². The van der Waals surface area contributed by atoms with Crippen LogP contribution in [0, 0.1) is 18.3 Å². The van der Waals surface area contributed by atoms with Crippen LogP contribution in [0.5, 0.6) is 0 Å². The van der Waals surface area contributed by atoms with Gasteiger partial charge < -0.3 is 0 Å². The van der Waals surface area contributed by atoms with Crippen LogP contribution in [-0.4, -0.2) is 37.7 Å². The van der Waals surface area contributed by atoms with Crippen molar-refractivity contribution in [2.24, 2.45) is 0 Å². The zero-order valence-corrected chi connectivity index (χ0v) is 12.3. The van der Waals surface area contributed by atoms with E-state index in [-0.39, 0.29) is 13.0 Å². The van der Waals surface area contributed by atoms with E-state index in [4.69, 9.17) is 5.26 Å². The fraction of sp³-hybridized carbons (Fsp3) is 0.462. The van der Waals surface area contributed by atoms with Gasteiger partial charge in [-0.25, -0.2) is 0 Å². The molecule has 1 aromatic rings. The highest BCUT2D eigenvalue weighted by Crippen LogP contribution is 2.11. The summed E-state index contributed by atoms with van der Waals surface area (Å²) in [6.45, 7) is 2.51. The highest BCUT2D eigenvalue weighted by Gasteiger charge is 2.23. The summed E-state index contributed by atoms with van der Waals surface area (Å²) in [7, 11) is -0.480. The van der Waals surface area contributed by atoms with Crippen LogP contribution in [0.1, 0.15) is 17.5 Å². The van der Waals surface area contributed by atoms with E-state index in [9.17, 15) is 8.42 Å². The Labute approximate surface area is 115 Å². The minimum atomic E-state index is -3.50. The third-order valence-corrected chi connectivity index (χ3v) is 4.74. The Balaban J connectivity index is 2.73. The molecule has 1 aromatic carbocycles. The second-order valence-corrected chi connectivity index (χ2v) is 6.62. The highest BCUT2D eigenvalue weighted by molar-refractivity contribution is 7.86. The quantitative estimate of drug-likeness (QED) is 0.794. The molecule has 1 rings (SSSR count). The smallest absolute Gasteiger partial charge is 0.198 e. The van der Waals surface area contributed by atoms with E-state index >= 15 is 0 Å². The van der Waals surface area contributed by atoms with E-state index < -0.39 is 10.2 Å². The molecule has 19 heavy (non-hydrogen) atoms. The fourth-order valence-corrected chi connectivity index (χ4v) is 2.70. The van der Waals surface area contributed by atoms with Gasteiger partial charge in [0, 0.05) is 33.6 Å². The van der Waals surface area contributed by atoms with Crippen LogP contribution in [0.3, 0.4) is 0 Å². The Morgan fingerprint density at radius 3 is 2.26 bits per heavy atom. The lowest BCUT2D eigenvalue weighted by Crippen LogP contribution is -2.39. The predicted molar refractivity (Wildman–Crippen MR) is 74.4 cm³/mol. The van der Waals surface area contributed by atoms with Gasteiger partial charge in [-0.1, -0.05) is 29.8 Å². The van der Waals surface area contributed by atoms with Gasteiger partial charge in [-0.2, -0.15) is 22.3 Å². The topological polar surface area (TPSA) is 64.4 Å². The molecule has 0 atom stereocenters. The lowest BCUT2D eigenvalue weighted by Gasteiger charge is -2.23. The second kappa shape index (κ2) is 6.66. The zero-order valence-electron chi connectivity index (χ0n) is 11.5. The van der Waals surface area contributed by atoms with Gasteiger partial charge in [-0.3, -0.25) is 0 Å². The first kappa shape index (κ1) is 15.6. The van der Waals surface area contributed by atoms with Crippen LogP contribution >= 0.6 is 0 Å². The maximum atomic E-state index is 12.2. The summed E-state index contributed by atoms with van der Waals surface area (Å²) in [6.07, 6.45) is 0.189.